The Labute approximate surface area is 112 Å². The molecule has 0 aromatic heterocycles. The largest absolute Gasteiger partial charge is 0.351 e. The SMILES string of the molecule is C=CCNC(=O)CN1C(=O)C(=O)c2c(F)ccc(F)c21. The minimum atomic E-state index is -1.16. The first-order valence-electron chi connectivity index (χ1n) is 5.69. The molecule has 0 fully saturated rings. The van der Waals surface area contributed by atoms with E-state index in [9.17, 15) is 23.2 Å². The Morgan fingerprint density at radius 2 is 1.95 bits per heavy atom. The fourth-order valence-electron chi connectivity index (χ4n) is 1.89. The molecule has 0 atom stereocenters. The lowest BCUT2D eigenvalue weighted by Gasteiger charge is -2.16. The zero-order valence-electron chi connectivity index (χ0n) is 10.3. The normalized spacial score (nSPS) is 13.4. The lowest BCUT2D eigenvalue weighted by atomic mass is 10.1. The van der Waals surface area contributed by atoms with Gasteiger partial charge in [-0.15, -0.1) is 6.58 Å². The van der Waals surface area contributed by atoms with E-state index in [4.69, 9.17) is 0 Å². The van der Waals surface area contributed by atoms with Crippen LogP contribution in [0.2, 0.25) is 0 Å². The first-order chi connectivity index (χ1) is 9.47. The summed E-state index contributed by atoms with van der Waals surface area (Å²) in [5.41, 5.74) is -1.12. The number of hydrogen-bond donors (Lipinski definition) is 1. The predicted molar refractivity (Wildman–Crippen MR) is 66.2 cm³/mol. The van der Waals surface area contributed by atoms with Gasteiger partial charge < -0.3 is 5.32 Å². The highest BCUT2D eigenvalue weighted by atomic mass is 19.1. The Kier molecular flexibility index (Phi) is 3.60. The number of carbonyl (C=O) groups is 3. The quantitative estimate of drug-likeness (QED) is 0.655. The van der Waals surface area contributed by atoms with E-state index in [2.05, 4.69) is 11.9 Å². The molecule has 2 rings (SSSR count). The van der Waals surface area contributed by atoms with Gasteiger partial charge in [0.15, 0.2) is 0 Å². The molecule has 2 amide bonds. The maximum absolute atomic E-state index is 13.7. The van der Waals surface area contributed by atoms with Crippen molar-refractivity contribution in [1.82, 2.24) is 5.32 Å². The van der Waals surface area contributed by atoms with Crippen LogP contribution in [-0.2, 0) is 9.59 Å². The summed E-state index contributed by atoms with van der Waals surface area (Å²) in [5.74, 6) is -4.82. The van der Waals surface area contributed by atoms with Gasteiger partial charge in [0.25, 0.3) is 11.7 Å². The second kappa shape index (κ2) is 5.20. The van der Waals surface area contributed by atoms with E-state index in [0.717, 1.165) is 12.1 Å². The van der Waals surface area contributed by atoms with Crippen molar-refractivity contribution in [3.63, 3.8) is 0 Å². The molecular weight excluding hydrogens is 270 g/mol. The van der Waals surface area contributed by atoms with Crippen molar-refractivity contribution < 1.29 is 23.2 Å². The van der Waals surface area contributed by atoms with Crippen LogP contribution in [0, 0.1) is 11.6 Å². The van der Waals surface area contributed by atoms with Gasteiger partial charge in [-0.2, -0.15) is 0 Å². The molecule has 0 bridgehead atoms. The number of benzene rings is 1. The average molecular weight is 280 g/mol. The van der Waals surface area contributed by atoms with E-state index in [0.29, 0.717) is 4.90 Å². The summed E-state index contributed by atoms with van der Waals surface area (Å²) in [5, 5.41) is 2.38. The second-order valence-corrected chi connectivity index (χ2v) is 4.07. The zero-order chi connectivity index (χ0) is 14.9. The monoisotopic (exact) mass is 280 g/mol. The van der Waals surface area contributed by atoms with Crippen molar-refractivity contribution in [2.45, 2.75) is 0 Å². The van der Waals surface area contributed by atoms with Crippen LogP contribution in [0.3, 0.4) is 0 Å². The van der Waals surface area contributed by atoms with Gasteiger partial charge in [-0.25, -0.2) is 8.78 Å². The van der Waals surface area contributed by atoms with Gasteiger partial charge in [0.05, 0.1) is 11.3 Å². The van der Waals surface area contributed by atoms with E-state index in [1.165, 1.54) is 6.08 Å². The lowest BCUT2D eigenvalue weighted by Crippen LogP contribution is -2.40. The van der Waals surface area contributed by atoms with Crippen molar-refractivity contribution in [3.8, 4) is 0 Å². The standard InChI is InChI=1S/C13H10F2N2O3/c1-2-5-16-9(18)6-17-11-8(15)4-3-7(14)10(11)12(19)13(17)20/h2-4H,1,5-6H2,(H,16,18). The summed E-state index contributed by atoms with van der Waals surface area (Å²) < 4.78 is 27.2. The molecule has 0 aliphatic carbocycles. The van der Waals surface area contributed by atoms with Gasteiger partial charge in [-0.05, 0) is 12.1 Å². The number of nitrogens with one attached hydrogen (secondary N) is 1. The maximum Gasteiger partial charge on any atom is 0.300 e. The summed E-state index contributed by atoms with van der Waals surface area (Å²) >= 11 is 0. The van der Waals surface area contributed by atoms with Crippen molar-refractivity contribution in [2.24, 2.45) is 0 Å². The number of anilines is 1. The Morgan fingerprint density at radius 3 is 2.60 bits per heavy atom. The first kappa shape index (κ1) is 13.9. The van der Waals surface area contributed by atoms with Gasteiger partial charge >= 0.3 is 0 Å². The van der Waals surface area contributed by atoms with Crippen LogP contribution in [0.1, 0.15) is 10.4 Å². The summed E-state index contributed by atoms with van der Waals surface area (Å²) in [7, 11) is 0. The molecule has 1 aromatic rings. The van der Waals surface area contributed by atoms with Gasteiger partial charge in [0, 0.05) is 6.54 Å². The number of ketones is 1. The molecule has 104 valence electrons. The van der Waals surface area contributed by atoms with Crippen LogP contribution < -0.4 is 10.2 Å². The van der Waals surface area contributed by atoms with Crippen molar-refractivity contribution in [1.29, 1.82) is 0 Å². The van der Waals surface area contributed by atoms with E-state index >= 15 is 0 Å². The smallest absolute Gasteiger partial charge is 0.300 e. The number of amides is 2. The third-order valence-corrected chi connectivity index (χ3v) is 2.76. The number of fused-ring (bicyclic) bond motifs is 1. The summed E-state index contributed by atoms with van der Waals surface area (Å²) in [6.45, 7) is 2.99. The van der Waals surface area contributed by atoms with E-state index in [1.54, 1.807) is 0 Å². The van der Waals surface area contributed by atoms with Crippen LogP contribution in [0.15, 0.2) is 24.8 Å². The molecule has 1 heterocycles. The highest BCUT2D eigenvalue weighted by molar-refractivity contribution is 6.52. The van der Waals surface area contributed by atoms with E-state index in [1.807, 2.05) is 0 Å². The van der Waals surface area contributed by atoms with Crippen LogP contribution in [0.25, 0.3) is 0 Å². The number of rotatable bonds is 4. The van der Waals surface area contributed by atoms with Crippen LogP contribution in [-0.4, -0.2) is 30.7 Å². The van der Waals surface area contributed by atoms with Gasteiger partial charge in [-0.3, -0.25) is 19.3 Å². The third-order valence-electron chi connectivity index (χ3n) is 2.76. The number of Topliss-reactive ketones (excluding diaryl/α,β-unsaturated/α-hetero) is 1. The van der Waals surface area contributed by atoms with Crippen LogP contribution >= 0.6 is 0 Å². The maximum atomic E-state index is 13.7. The Balaban J connectivity index is 2.36. The number of nitrogens with zero attached hydrogens (tertiary/aromatic N) is 1. The molecule has 1 aliphatic rings. The summed E-state index contributed by atoms with van der Waals surface area (Å²) in [4.78, 5) is 35.5. The van der Waals surface area contributed by atoms with Crippen LogP contribution in [0.4, 0.5) is 14.5 Å². The Morgan fingerprint density at radius 1 is 1.30 bits per heavy atom. The van der Waals surface area contributed by atoms with Crippen LogP contribution in [0.5, 0.6) is 0 Å². The fraction of sp³-hybridized carbons (Fsp3) is 0.154. The molecule has 0 unspecified atom stereocenters. The molecule has 1 aromatic carbocycles. The number of hydrogen-bond acceptors (Lipinski definition) is 3. The molecule has 0 radical (unpaired) electrons. The molecule has 1 aliphatic heterocycles. The Bertz CT molecular complexity index is 628. The molecule has 7 heteroatoms. The van der Waals surface area contributed by atoms with Gasteiger partial charge in [0.1, 0.15) is 18.2 Å². The number of halogens is 2. The highest BCUT2D eigenvalue weighted by Gasteiger charge is 2.41. The first-order valence-corrected chi connectivity index (χ1v) is 5.69. The molecule has 0 saturated carbocycles. The minimum Gasteiger partial charge on any atom is -0.351 e. The highest BCUT2D eigenvalue weighted by Crippen LogP contribution is 2.33. The van der Waals surface area contributed by atoms with Crippen molar-refractivity contribution in [2.75, 3.05) is 18.0 Å². The van der Waals surface area contributed by atoms with E-state index in [-0.39, 0.29) is 6.54 Å². The zero-order valence-corrected chi connectivity index (χ0v) is 10.3. The Hall–Kier alpha value is -2.57. The second-order valence-electron chi connectivity index (χ2n) is 4.07. The summed E-state index contributed by atoms with van der Waals surface area (Å²) in [6.07, 6.45) is 1.42. The van der Waals surface area contributed by atoms with Crippen molar-refractivity contribution in [3.05, 3.63) is 42.0 Å². The molecule has 0 saturated heterocycles. The topological polar surface area (TPSA) is 66.5 Å². The average Bonchev–Trinajstić information content (AvgIpc) is 2.67. The molecule has 5 nitrogen and oxygen atoms in total. The molecular formula is C13H10F2N2O3. The summed E-state index contributed by atoms with van der Waals surface area (Å²) in [6, 6.07) is 1.56. The van der Waals surface area contributed by atoms with Gasteiger partial charge in [0.2, 0.25) is 5.91 Å². The molecule has 20 heavy (non-hydrogen) atoms. The number of carbonyl (C=O) groups excluding carboxylic acids is 3. The van der Waals surface area contributed by atoms with Crippen molar-refractivity contribution >= 4 is 23.3 Å². The minimum absolute atomic E-state index is 0.160. The predicted octanol–water partition coefficient (Wildman–Crippen LogP) is 0.796. The third kappa shape index (κ3) is 2.18. The molecule has 0 spiro atoms. The lowest BCUT2D eigenvalue weighted by molar-refractivity contribution is -0.122. The van der Waals surface area contributed by atoms with Gasteiger partial charge in [-0.1, -0.05) is 6.08 Å². The molecule has 1 N–H and O–H groups in total. The fourth-order valence-corrected chi connectivity index (χ4v) is 1.89. The van der Waals surface area contributed by atoms with E-state index < -0.39 is 47.0 Å².